The van der Waals surface area contributed by atoms with Gasteiger partial charge in [-0.25, -0.2) is 4.98 Å². The van der Waals surface area contributed by atoms with E-state index in [-0.39, 0.29) is 17.4 Å². The molecule has 0 unspecified atom stereocenters. The topological polar surface area (TPSA) is 71.1 Å². The second kappa shape index (κ2) is 9.54. The molecule has 35 heavy (non-hydrogen) atoms. The summed E-state index contributed by atoms with van der Waals surface area (Å²) < 4.78 is 0.705. The second-order valence-electron chi connectivity index (χ2n) is 10.1. The average Bonchev–Trinajstić information content (AvgIpc) is 3.45. The van der Waals surface area contributed by atoms with Gasteiger partial charge in [-0.05, 0) is 80.5 Å². The Labute approximate surface area is 222 Å². The molecule has 2 N–H and O–H groups in total. The maximum atomic E-state index is 13.1. The lowest BCUT2D eigenvalue weighted by Gasteiger charge is -2.56. The maximum Gasteiger partial charge on any atom is 0.258 e. The summed E-state index contributed by atoms with van der Waals surface area (Å²) in [5.74, 6) is 2.54. The maximum absolute atomic E-state index is 13.1. The van der Waals surface area contributed by atoms with Crippen LogP contribution in [0, 0.1) is 17.8 Å². The Morgan fingerprint density at radius 2 is 1.77 bits per heavy atom. The Bertz CT molecular complexity index is 1230. The summed E-state index contributed by atoms with van der Waals surface area (Å²) in [4.78, 5) is 32.3. The fraction of sp³-hybridized carbons (Fsp3) is 0.423. The summed E-state index contributed by atoms with van der Waals surface area (Å²) in [6.45, 7) is 0. The Morgan fingerprint density at radius 3 is 2.46 bits per heavy atom. The molecule has 3 aromatic rings. The molecule has 0 aliphatic heterocycles. The third kappa shape index (κ3) is 5.03. The van der Waals surface area contributed by atoms with Gasteiger partial charge in [-0.3, -0.25) is 14.9 Å². The van der Waals surface area contributed by atoms with E-state index in [1.165, 1.54) is 53.7 Å². The first-order chi connectivity index (χ1) is 16.9. The van der Waals surface area contributed by atoms with Crippen LogP contribution in [-0.2, 0) is 4.79 Å². The molecule has 7 rings (SSSR count). The molecule has 4 saturated carbocycles. The van der Waals surface area contributed by atoms with E-state index in [2.05, 4.69) is 15.6 Å². The molecule has 0 saturated heterocycles. The summed E-state index contributed by atoms with van der Waals surface area (Å²) in [6, 6.07) is 11.2. The summed E-state index contributed by atoms with van der Waals surface area (Å²) in [7, 11) is 0. The van der Waals surface area contributed by atoms with E-state index >= 15 is 0 Å². The molecule has 4 fully saturated rings. The molecule has 5 nitrogen and oxygen atoms in total. The summed E-state index contributed by atoms with van der Waals surface area (Å²) in [6.07, 6.45) is 7.49. The summed E-state index contributed by atoms with van der Waals surface area (Å²) in [5.41, 5.74) is 1.36. The van der Waals surface area contributed by atoms with Gasteiger partial charge < -0.3 is 5.32 Å². The number of thiophene rings is 1. The van der Waals surface area contributed by atoms with Gasteiger partial charge in [-0.2, -0.15) is 0 Å². The average molecular weight is 544 g/mol. The van der Waals surface area contributed by atoms with Crippen molar-refractivity contribution in [1.82, 2.24) is 10.3 Å². The van der Waals surface area contributed by atoms with E-state index in [9.17, 15) is 9.59 Å². The molecule has 0 spiro atoms. The van der Waals surface area contributed by atoms with Gasteiger partial charge in [0.25, 0.3) is 5.91 Å². The molecule has 0 radical (unpaired) electrons. The van der Waals surface area contributed by atoms with Crippen molar-refractivity contribution in [3.8, 4) is 10.6 Å². The van der Waals surface area contributed by atoms with Crippen LogP contribution in [-0.4, -0.2) is 28.1 Å². The van der Waals surface area contributed by atoms with Crippen molar-refractivity contribution >= 4 is 63.0 Å². The third-order valence-corrected chi connectivity index (χ3v) is 10.6. The number of thioether (sulfide) groups is 1. The molecule has 9 heteroatoms. The number of hydrogen-bond acceptors (Lipinski definition) is 6. The number of carbonyl (C=O) groups is 2. The lowest BCUT2D eigenvalue weighted by Crippen LogP contribution is -2.60. The number of thiazole rings is 1. The number of nitrogens with one attached hydrogen (secondary N) is 2. The molecular formula is C26H26ClN3O2S3. The van der Waals surface area contributed by atoms with Crippen LogP contribution < -0.4 is 10.6 Å². The molecule has 1 aromatic carbocycles. The molecule has 4 aliphatic carbocycles. The molecule has 2 heterocycles. The van der Waals surface area contributed by atoms with Crippen molar-refractivity contribution in [1.29, 1.82) is 0 Å². The van der Waals surface area contributed by atoms with Gasteiger partial charge in [0, 0.05) is 15.8 Å². The first-order valence-electron chi connectivity index (χ1n) is 12.0. The van der Waals surface area contributed by atoms with Crippen molar-refractivity contribution in [3.63, 3.8) is 0 Å². The molecule has 182 valence electrons. The van der Waals surface area contributed by atoms with E-state index in [1.54, 1.807) is 6.07 Å². The van der Waals surface area contributed by atoms with Crippen LogP contribution in [0.4, 0.5) is 5.13 Å². The minimum Gasteiger partial charge on any atom is -0.350 e. The lowest BCUT2D eigenvalue weighted by atomic mass is 9.53. The minimum absolute atomic E-state index is 0.0125. The molecular weight excluding hydrogens is 518 g/mol. The molecule has 2 aromatic heterocycles. The lowest BCUT2D eigenvalue weighted by molar-refractivity contribution is -0.124. The van der Waals surface area contributed by atoms with E-state index in [0.717, 1.165) is 52.5 Å². The third-order valence-electron chi connectivity index (χ3n) is 7.48. The van der Waals surface area contributed by atoms with Gasteiger partial charge in [0.05, 0.1) is 26.2 Å². The molecule has 2 amide bonds. The number of hydrogen-bond donors (Lipinski definition) is 2. The van der Waals surface area contributed by atoms with Gasteiger partial charge in [0.2, 0.25) is 5.91 Å². The Kier molecular flexibility index (Phi) is 6.41. The van der Waals surface area contributed by atoms with Gasteiger partial charge >= 0.3 is 0 Å². The zero-order chi connectivity index (χ0) is 24.0. The summed E-state index contributed by atoms with van der Waals surface area (Å²) in [5, 5.41) is 8.78. The van der Waals surface area contributed by atoms with Crippen LogP contribution in [0.1, 0.15) is 48.9 Å². The minimum atomic E-state index is -0.222. The Morgan fingerprint density at radius 1 is 1.06 bits per heavy atom. The highest BCUT2D eigenvalue weighted by molar-refractivity contribution is 8.00. The van der Waals surface area contributed by atoms with E-state index in [0.29, 0.717) is 20.8 Å². The zero-order valence-electron chi connectivity index (χ0n) is 19.1. The van der Waals surface area contributed by atoms with Gasteiger partial charge in [-0.15, -0.1) is 34.4 Å². The van der Waals surface area contributed by atoms with Crippen LogP contribution in [0.5, 0.6) is 0 Å². The highest BCUT2D eigenvalue weighted by Gasteiger charge is 2.51. The Hall–Kier alpha value is -1.87. The number of aromatic nitrogens is 1. The number of amides is 2. The standard InChI is InChI=1S/C26H26ClN3O2S3/c27-22-6-5-21(35-22)19-13-34-25(28-19)29-24(32)18-3-1-2-4-20(18)33-14-23(31)30-26-10-15-7-16(11-26)9-17(8-15)12-26/h1-6,13,15-17H,7-12,14H2,(H,30,31)(H,28,29,32). The number of rotatable bonds is 7. The van der Waals surface area contributed by atoms with Crippen LogP contribution in [0.2, 0.25) is 4.34 Å². The van der Waals surface area contributed by atoms with Crippen molar-refractivity contribution in [3.05, 3.63) is 51.7 Å². The quantitative estimate of drug-likeness (QED) is 0.316. The predicted octanol–water partition coefficient (Wildman–Crippen LogP) is 6.95. The van der Waals surface area contributed by atoms with E-state index in [4.69, 9.17) is 11.6 Å². The SMILES string of the molecule is O=C(CSc1ccccc1C(=O)Nc1nc(-c2ccc(Cl)s2)cs1)NC12CC3CC(CC(C3)C1)C2. The van der Waals surface area contributed by atoms with E-state index < -0.39 is 0 Å². The zero-order valence-corrected chi connectivity index (χ0v) is 22.3. The molecule has 4 aliphatic rings. The largest absolute Gasteiger partial charge is 0.350 e. The van der Waals surface area contributed by atoms with Crippen molar-refractivity contribution in [2.45, 2.75) is 49.0 Å². The monoisotopic (exact) mass is 543 g/mol. The number of benzene rings is 1. The van der Waals surface area contributed by atoms with Crippen molar-refractivity contribution in [2.75, 3.05) is 11.1 Å². The highest BCUT2D eigenvalue weighted by Crippen LogP contribution is 2.55. The smallest absolute Gasteiger partial charge is 0.258 e. The number of carbonyl (C=O) groups excluding carboxylic acids is 2. The number of halogens is 1. The normalized spacial score (nSPS) is 26.6. The van der Waals surface area contributed by atoms with E-state index in [1.807, 2.05) is 35.7 Å². The molecule has 0 atom stereocenters. The molecule has 4 bridgehead atoms. The fourth-order valence-electron chi connectivity index (χ4n) is 6.58. The predicted molar refractivity (Wildman–Crippen MR) is 145 cm³/mol. The summed E-state index contributed by atoms with van der Waals surface area (Å²) >= 11 is 10.3. The van der Waals surface area contributed by atoms with Crippen LogP contribution in [0.3, 0.4) is 0 Å². The highest BCUT2D eigenvalue weighted by atomic mass is 35.5. The Balaban J connectivity index is 1.09. The van der Waals surface area contributed by atoms with Crippen molar-refractivity contribution in [2.24, 2.45) is 17.8 Å². The fourth-order valence-corrected chi connectivity index (χ4v) is 9.21. The van der Waals surface area contributed by atoms with Gasteiger partial charge in [-0.1, -0.05) is 23.7 Å². The first-order valence-corrected chi connectivity index (χ1v) is 15.1. The van der Waals surface area contributed by atoms with Crippen LogP contribution in [0.25, 0.3) is 10.6 Å². The number of anilines is 1. The van der Waals surface area contributed by atoms with Crippen molar-refractivity contribution < 1.29 is 9.59 Å². The second-order valence-corrected chi connectivity index (χ2v) is 13.7. The van der Waals surface area contributed by atoms with Gasteiger partial charge in [0.1, 0.15) is 0 Å². The number of nitrogens with zero attached hydrogens (tertiary/aromatic N) is 1. The first kappa shape index (κ1) is 23.5. The van der Waals surface area contributed by atoms with Gasteiger partial charge in [0.15, 0.2) is 5.13 Å². The van der Waals surface area contributed by atoms with Crippen LogP contribution >= 0.6 is 46.0 Å². The van der Waals surface area contributed by atoms with Crippen LogP contribution in [0.15, 0.2) is 46.7 Å².